The summed E-state index contributed by atoms with van der Waals surface area (Å²) >= 11 is 0. The Kier molecular flexibility index (Phi) is 4.59. The molecule has 3 nitrogen and oxygen atoms in total. The average molecular weight is 267 g/mol. The van der Waals surface area contributed by atoms with E-state index >= 15 is 0 Å². The summed E-state index contributed by atoms with van der Waals surface area (Å²) in [5, 5.41) is 0. The van der Waals surface area contributed by atoms with Crippen LogP contribution < -0.4 is 0 Å². The summed E-state index contributed by atoms with van der Waals surface area (Å²) in [6.45, 7) is 7.25. The van der Waals surface area contributed by atoms with Gasteiger partial charge in [0, 0.05) is 13.1 Å². The normalized spacial score (nSPS) is 42.8. The zero-order chi connectivity index (χ0) is 14.2. The first kappa shape index (κ1) is 15.3. The van der Waals surface area contributed by atoms with Crippen LogP contribution in [0, 0.1) is 17.8 Å². The lowest BCUT2D eigenvalue weighted by Crippen LogP contribution is -2.64. The summed E-state index contributed by atoms with van der Waals surface area (Å²) in [5.74, 6) is 2.91. The lowest BCUT2D eigenvalue weighted by Gasteiger charge is -2.50. The monoisotopic (exact) mass is 267 g/mol. The molecule has 0 amide bonds. The second-order valence-corrected chi connectivity index (χ2v) is 7.36. The molecule has 1 saturated heterocycles. The van der Waals surface area contributed by atoms with E-state index in [0.717, 1.165) is 17.8 Å². The van der Waals surface area contributed by atoms with Crippen LogP contribution in [0.4, 0.5) is 0 Å². The third-order valence-electron chi connectivity index (χ3n) is 6.15. The highest BCUT2D eigenvalue weighted by molar-refractivity contribution is 4.88. The minimum atomic E-state index is 0.0417. The molecule has 2 aliphatic rings. The van der Waals surface area contributed by atoms with E-state index < -0.39 is 0 Å². The van der Waals surface area contributed by atoms with E-state index in [-0.39, 0.29) is 5.79 Å². The first-order valence-corrected chi connectivity index (χ1v) is 7.95. The van der Waals surface area contributed by atoms with Crippen LogP contribution >= 0.6 is 0 Å². The number of hydrogen-bond donors (Lipinski definition) is 0. The fraction of sp³-hybridized carbons (Fsp3) is 1.00. The van der Waals surface area contributed by atoms with Crippen molar-refractivity contribution in [3.63, 3.8) is 0 Å². The fourth-order valence-corrected chi connectivity index (χ4v) is 4.25. The van der Waals surface area contributed by atoms with E-state index in [0.29, 0.717) is 0 Å². The molecule has 2 fully saturated rings. The molecule has 1 aliphatic heterocycles. The molecule has 3 heteroatoms. The van der Waals surface area contributed by atoms with E-state index in [1.54, 1.807) is 0 Å². The average Bonchev–Trinajstić information content (AvgIpc) is 2.71. The highest BCUT2D eigenvalue weighted by Crippen LogP contribution is 2.41. The molecular weight excluding hydrogens is 234 g/mol. The minimum Gasteiger partial charge on any atom is -0.279 e. The van der Waals surface area contributed by atoms with Gasteiger partial charge < -0.3 is 0 Å². The lowest BCUT2D eigenvalue weighted by molar-refractivity contribution is -0.120. The van der Waals surface area contributed by atoms with E-state index in [1.807, 2.05) is 0 Å². The van der Waals surface area contributed by atoms with Crippen molar-refractivity contribution in [2.75, 3.05) is 41.3 Å². The van der Waals surface area contributed by atoms with Crippen LogP contribution in [-0.2, 0) is 0 Å². The Morgan fingerprint density at radius 2 is 1.58 bits per heavy atom. The van der Waals surface area contributed by atoms with Crippen LogP contribution in [0.1, 0.15) is 39.5 Å². The first-order chi connectivity index (χ1) is 8.85. The summed E-state index contributed by atoms with van der Waals surface area (Å²) < 4.78 is 0. The van der Waals surface area contributed by atoms with Gasteiger partial charge in [0.1, 0.15) is 5.79 Å². The Morgan fingerprint density at radius 1 is 1.00 bits per heavy atom. The maximum Gasteiger partial charge on any atom is 0.127 e. The van der Waals surface area contributed by atoms with Crippen LogP contribution in [0.25, 0.3) is 0 Å². The first-order valence-electron chi connectivity index (χ1n) is 7.95. The number of fused-ring (bicyclic) bond motifs is 2. The SMILES string of the molecule is CC1CC2CCN(C)C(C)(N(C)C)N(C)CCC1C2. The third kappa shape index (κ3) is 2.84. The topological polar surface area (TPSA) is 9.72 Å². The van der Waals surface area contributed by atoms with Crippen molar-refractivity contribution in [2.45, 2.75) is 45.3 Å². The minimum absolute atomic E-state index is 0.0417. The molecule has 0 aromatic carbocycles. The maximum absolute atomic E-state index is 2.54. The molecule has 1 aliphatic carbocycles. The Bertz CT molecular complexity index is 304. The molecule has 19 heavy (non-hydrogen) atoms. The van der Waals surface area contributed by atoms with Gasteiger partial charge in [0.05, 0.1) is 0 Å². The van der Waals surface area contributed by atoms with E-state index in [1.165, 1.54) is 38.8 Å². The quantitative estimate of drug-likeness (QED) is 0.723. The summed E-state index contributed by atoms with van der Waals surface area (Å²) in [6.07, 6.45) is 5.67. The van der Waals surface area contributed by atoms with Gasteiger partial charge in [-0.25, -0.2) is 0 Å². The number of nitrogens with zero attached hydrogens (tertiary/aromatic N) is 3. The van der Waals surface area contributed by atoms with Crippen molar-refractivity contribution in [3.05, 3.63) is 0 Å². The van der Waals surface area contributed by atoms with E-state index in [2.05, 4.69) is 56.7 Å². The molecule has 2 rings (SSSR count). The van der Waals surface area contributed by atoms with Crippen molar-refractivity contribution in [1.82, 2.24) is 14.7 Å². The van der Waals surface area contributed by atoms with Crippen LogP contribution in [-0.4, -0.2) is 61.8 Å². The van der Waals surface area contributed by atoms with Crippen molar-refractivity contribution in [1.29, 1.82) is 0 Å². The van der Waals surface area contributed by atoms with Crippen molar-refractivity contribution >= 4 is 0 Å². The van der Waals surface area contributed by atoms with Crippen LogP contribution in [0.2, 0.25) is 0 Å². The van der Waals surface area contributed by atoms with E-state index in [9.17, 15) is 0 Å². The number of hydrogen-bond acceptors (Lipinski definition) is 3. The summed E-state index contributed by atoms with van der Waals surface area (Å²) in [7, 11) is 8.98. The molecule has 0 N–H and O–H groups in total. The van der Waals surface area contributed by atoms with Crippen LogP contribution in [0.15, 0.2) is 0 Å². The smallest absolute Gasteiger partial charge is 0.127 e. The molecule has 0 spiro atoms. The molecule has 1 saturated carbocycles. The van der Waals surface area contributed by atoms with Gasteiger partial charge >= 0.3 is 0 Å². The zero-order valence-corrected chi connectivity index (χ0v) is 13.8. The van der Waals surface area contributed by atoms with Gasteiger partial charge in [-0.3, -0.25) is 14.7 Å². The molecule has 0 aromatic rings. The second-order valence-electron chi connectivity index (χ2n) is 7.36. The van der Waals surface area contributed by atoms with Crippen LogP contribution in [0.5, 0.6) is 0 Å². The highest BCUT2D eigenvalue weighted by atomic mass is 15.5. The summed E-state index contributed by atoms with van der Waals surface area (Å²) in [4.78, 5) is 7.44. The van der Waals surface area contributed by atoms with E-state index in [4.69, 9.17) is 0 Å². The van der Waals surface area contributed by atoms with Crippen molar-refractivity contribution < 1.29 is 0 Å². The summed E-state index contributed by atoms with van der Waals surface area (Å²) in [5.41, 5.74) is 0. The molecule has 0 radical (unpaired) electrons. The molecule has 2 bridgehead atoms. The molecule has 1 heterocycles. The molecule has 112 valence electrons. The predicted octanol–water partition coefficient (Wildman–Crippen LogP) is 2.54. The zero-order valence-electron chi connectivity index (χ0n) is 13.8. The molecule has 0 aromatic heterocycles. The Labute approximate surface area is 119 Å². The van der Waals surface area contributed by atoms with Crippen LogP contribution in [0.3, 0.4) is 0 Å². The second kappa shape index (κ2) is 5.71. The van der Waals surface area contributed by atoms with Crippen molar-refractivity contribution in [3.8, 4) is 0 Å². The Balaban J connectivity index is 2.16. The van der Waals surface area contributed by atoms with Gasteiger partial charge in [0.2, 0.25) is 0 Å². The Morgan fingerprint density at radius 3 is 2.16 bits per heavy atom. The summed E-state index contributed by atoms with van der Waals surface area (Å²) in [6, 6.07) is 0. The Hall–Kier alpha value is -0.120. The van der Waals surface area contributed by atoms with Gasteiger partial charge in [-0.1, -0.05) is 6.92 Å². The van der Waals surface area contributed by atoms with Gasteiger partial charge in [-0.05, 0) is 78.6 Å². The van der Waals surface area contributed by atoms with Crippen molar-refractivity contribution in [2.24, 2.45) is 17.8 Å². The molecular formula is C16H33N3. The third-order valence-corrected chi connectivity index (χ3v) is 6.15. The lowest BCUT2D eigenvalue weighted by atomic mass is 9.94. The fourth-order valence-electron chi connectivity index (χ4n) is 4.25. The number of rotatable bonds is 1. The van der Waals surface area contributed by atoms with Gasteiger partial charge in [-0.15, -0.1) is 0 Å². The maximum atomic E-state index is 2.54. The highest BCUT2D eigenvalue weighted by Gasteiger charge is 2.39. The van der Waals surface area contributed by atoms with Gasteiger partial charge in [0.15, 0.2) is 0 Å². The van der Waals surface area contributed by atoms with Gasteiger partial charge in [-0.2, -0.15) is 0 Å². The molecule has 4 atom stereocenters. The largest absolute Gasteiger partial charge is 0.279 e. The standard InChI is InChI=1S/C16H33N3/c1-13-11-14-7-9-18(5)16(2,17(3)4)19(6)10-8-15(13)12-14/h13-15H,7-12H2,1-6H3. The predicted molar refractivity (Wildman–Crippen MR) is 82.0 cm³/mol. The molecule has 4 unspecified atom stereocenters. The van der Waals surface area contributed by atoms with Gasteiger partial charge in [0.25, 0.3) is 0 Å².